The van der Waals surface area contributed by atoms with Crippen LogP contribution in [0.5, 0.6) is 0 Å². The fourth-order valence-corrected chi connectivity index (χ4v) is 4.30. The third-order valence-corrected chi connectivity index (χ3v) is 7.24. The van der Waals surface area contributed by atoms with Gasteiger partial charge in [0.1, 0.15) is 0 Å². The first-order valence-electron chi connectivity index (χ1n) is 9.26. The number of thioether (sulfide) groups is 1. The molecule has 178 valence electrons. The van der Waals surface area contributed by atoms with Crippen LogP contribution in [0.25, 0.3) is 6.08 Å². The molecule has 1 aliphatic rings. The number of halogens is 9. The van der Waals surface area contributed by atoms with Crippen molar-refractivity contribution >= 4 is 58.5 Å². The number of allylic oxidation sites excluding steroid dienone is 1. The van der Waals surface area contributed by atoms with Crippen molar-refractivity contribution in [2.75, 3.05) is 11.5 Å². The van der Waals surface area contributed by atoms with E-state index in [1.807, 2.05) is 0 Å². The lowest BCUT2D eigenvalue weighted by molar-refractivity contribution is -0.139. The summed E-state index contributed by atoms with van der Waals surface area (Å²) in [6, 6.07) is 4.50. The van der Waals surface area contributed by atoms with E-state index in [0.29, 0.717) is 23.6 Å². The quantitative estimate of drug-likeness (QED) is 0.304. The predicted octanol–water partition coefficient (Wildman–Crippen LogP) is 7.87. The van der Waals surface area contributed by atoms with Gasteiger partial charge in [0, 0.05) is 17.5 Å². The molecule has 1 saturated heterocycles. The van der Waals surface area contributed by atoms with Crippen LogP contribution in [-0.2, 0) is 6.18 Å². The van der Waals surface area contributed by atoms with Gasteiger partial charge in [-0.25, -0.2) is 0 Å². The number of benzene rings is 2. The number of rotatable bonds is 5. The first-order chi connectivity index (χ1) is 15.3. The molecule has 0 spiro atoms. The van der Waals surface area contributed by atoms with Crippen LogP contribution >= 0.6 is 46.6 Å². The van der Waals surface area contributed by atoms with Gasteiger partial charge in [0.2, 0.25) is 0 Å². The lowest BCUT2D eigenvalue weighted by Crippen LogP contribution is -2.44. The van der Waals surface area contributed by atoms with Crippen molar-refractivity contribution in [3.63, 3.8) is 0 Å². The highest BCUT2D eigenvalue weighted by Crippen LogP contribution is 2.41. The van der Waals surface area contributed by atoms with Crippen molar-refractivity contribution in [1.82, 2.24) is 5.32 Å². The first-order valence-corrected chi connectivity index (χ1v) is 11.6. The number of nitrogens with one attached hydrogen (secondary N) is 1. The number of alkyl halides is 6. The van der Waals surface area contributed by atoms with Gasteiger partial charge in [0.05, 0.1) is 32.1 Å². The molecule has 0 bridgehead atoms. The molecule has 33 heavy (non-hydrogen) atoms. The minimum atomic E-state index is -4.88. The number of carbonyl (C=O) groups is 1. The highest BCUT2D eigenvalue weighted by molar-refractivity contribution is 8.00. The average molecular weight is 549 g/mol. The molecular weight excluding hydrogens is 535 g/mol. The second-order valence-corrected chi connectivity index (χ2v) is 9.45. The van der Waals surface area contributed by atoms with E-state index in [0.717, 1.165) is 30.3 Å². The van der Waals surface area contributed by atoms with Gasteiger partial charge in [-0.15, -0.1) is 0 Å². The zero-order chi connectivity index (χ0) is 24.6. The summed E-state index contributed by atoms with van der Waals surface area (Å²) in [5.41, 5.74) is -2.34. The molecule has 1 heterocycles. The van der Waals surface area contributed by atoms with Gasteiger partial charge in [-0.1, -0.05) is 53.0 Å². The molecule has 1 aliphatic heterocycles. The van der Waals surface area contributed by atoms with Gasteiger partial charge in [0.15, 0.2) is 0 Å². The summed E-state index contributed by atoms with van der Waals surface area (Å²) in [7, 11) is 0. The highest BCUT2D eigenvalue weighted by atomic mass is 35.5. The number of hydrogen-bond donors (Lipinski definition) is 1. The minimum absolute atomic E-state index is 0.115. The summed E-state index contributed by atoms with van der Waals surface area (Å²) in [5, 5.41) is 2.01. The zero-order valence-electron chi connectivity index (χ0n) is 16.3. The van der Waals surface area contributed by atoms with E-state index >= 15 is 0 Å². The SMILES string of the molecule is O=C(NC1CSC1)c1ccc(/C=C/C(c2cc(Cl)c(Cl)c(Cl)c2)C(F)(F)F)cc1C(F)(F)F. The van der Waals surface area contributed by atoms with Crippen LogP contribution in [0.2, 0.25) is 15.1 Å². The third kappa shape index (κ3) is 6.32. The Morgan fingerprint density at radius 3 is 2.12 bits per heavy atom. The molecule has 1 N–H and O–H groups in total. The normalized spacial score (nSPS) is 16.0. The minimum Gasteiger partial charge on any atom is -0.348 e. The van der Waals surface area contributed by atoms with Crippen LogP contribution in [0, 0.1) is 0 Å². The predicted molar refractivity (Wildman–Crippen MR) is 119 cm³/mol. The summed E-state index contributed by atoms with van der Waals surface area (Å²) < 4.78 is 81.7. The highest BCUT2D eigenvalue weighted by Gasteiger charge is 2.40. The van der Waals surface area contributed by atoms with Crippen LogP contribution in [0.4, 0.5) is 26.3 Å². The lowest BCUT2D eigenvalue weighted by atomic mass is 9.96. The fraction of sp³-hybridized carbons (Fsp3) is 0.286. The standard InChI is InChI=1S/C21H14Cl3F6NOS/c22-16-6-11(7-17(23)18(16)24)14(20(25,26)27)4-2-10-1-3-13(15(5-10)21(28,29)30)19(32)31-12-8-33-9-12/h1-7,12,14H,8-9H2,(H,31,32)/b4-2+. The molecule has 1 unspecified atom stereocenters. The molecule has 1 amide bonds. The molecule has 1 atom stereocenters. The van der Waals surface area contributed by atoms with E-state index in [-0.39, 0.29) is 32.2 Å². The Kier molecular flexibility index (Phi) is 7.88. The maximum atomic E-state index is 13.7. The van der Waals surface area contributed by atoms with E-state index in [4.69, 9.17) is 34.8 Å². The second kappa shape index (κ2) is 9.98. The number of amides is 1. The molecule has 3 rings (SSSR count). The van der Waals surface area contributed by atoms with Crippen molar-refractivity contribution in [3.8, 4) is 0 Å². The van der Waals surface area contributed by atoms with Gasteiger partial charge in [0.25, 0.3) is 5.91 Å². The molecule has 1 fully saturated rings. The van der Waals surface area contributed by atoms with Gasteiger partial charge >= 0.3 is 12.4 Å². The van der Waals surface area contributed by atoms with Crippen LogP contribution in [0.15, 0.2) is 36.4 Å². The summed E-state index contributed by atoms with van der Waals surface area (Å²) in [5.74, 6) is -1.89. The Balaban J connectivity index is 1.96. The molecule has 2 aromatic rings. The summed E-state index contributed by atoms with van der Waals surface area (Å²) in [4.78, 5) is 12.3. The summed E-state index contributed by atoms with van der Waals surface area (Å²) in [6.07, 6.45) is -8.08. The Labute approximate surface area is 204 Å². The van der Waals surface area contributed by atoms with Crippen LogP contribution in [0.3, 0.4) is 0 Å². The van der Waals surface area contributed by atoms with Crippen LogP contribution < -0.4 is 5.32 Å². The van der Waals surface area contributed by atoms with E-state index in [1.54, 1.807) is 11.8 Å². The van der Waals surface area contributed by atoms with Gasteiger partial charge in [-0.2, -0.15) is 38.1 Å². The average Bonchev–Trinajstić information content (AvgIpc) is 2.67. The molecule has 0 saturated carbocycles. The van der Waals surface area contributed by atoms with Crippen molar-refractivity contribution < 1.29 is 31.1 Å². The Hall–Kier alpha value is -1.55. The van der Waals surface area contributed by atoms with Gasteiger partial charge in [-0.05, 0) is 35.4 Å². The topological polar surface area (TPSA) is 29.1 Å². The summed E-state index contributed by atoms with van der Waals surface area (Å²) >= 11 is 19.0. The van der Waals surface area contributed by atoms with E-state index in [2.05, 4.69) is 5.32 Å². The van der Waals surface area contributed by atoms with Crippen LogP contribution in [-0.4, -0.2) is 29.6 Å². The Morgan fingerprint density at radius 2 is 1.64 bits per heavy atom. The molecule has 2 aromatic carbocycles. The van der Waals surface area contributed by atoms with Gasteiger partial charge < -0.3 is 5.32 Å². The van der Waals surface area contributed by atoms with Crippen molar-refractivity contribution in [3.05, 3.63) is 73.7 Å². The molecule has 12 heteroatoms. The van der Waals surface area contributed by atoms with Crippen molar-refractivity contribution in [2.24, 2.45) is 0 Å². The molecule has 0 aliphatic carbocycles. The maximum absolute atomic E-state index is 13.7. The molecule has 0 radical (unpaired) electrons. The molecule has 0 aromatic heterocycles. The molecule has 2 nitrogen and oxygen atoms in total. The lowest BCUT2D eigenvalue weighted by Gasteiger charge is -2.26. The second-order valence-electron chi connectivity index (χ2n) is 7.19. The largest absolute Gasteiger partial charge is 0.417 e. The zero-order valence-corrected chi connectivity index (χ0v) is 19.4. The number of carbonyl (C=O) groups excluding carboxylic acids is 1. The Morgan fingerprint density at radius 1 is 1.03 bits per heavy atom. The van der Waals surface area contributed by atoms with E-state index in [9.17, 15) is 31.1 Å². The smallest absolute Gasteiger partial charge is 0.348 e. The monoisotopic (exact) mass is 547 g/mol. The maximum Gasteiger partial charge on any atom is 0.417 e. The Bertz CT molecular complexity index is 1060. The molecular formula is C21H14Cl3F6NOS. The van der Waals surface area contributed by atoms with Gasteiger partial charge in [-0.3, -0.25) is 4.79 Å². The summed E-state index contributed by atoms with van der Waals surface area (Å²) in [6.45, 7) is 0. The third-order valence-electron chi connectivity index (χ3n) is 4.77. The first kappa shape index (κ1) is 26.1. The number of hydrogen-bond acceptors (Lipinski definition) is 2. The van der Waals surface area contributed by atoms with Crippen LogP contribution in [0.1, 0.15) is 33.0 Å². The van der Waals surface area contributed by atoms with E-state index < -0.39 is 35.3 Å². The van der Waals surface area contributed by atoms with Crippen molar-refractivity contribution in [1.29, 1.82) is 0 Å². The van der Waals surface area contributed by atoms with Crippen molar-refractivity contribution in [2.45, 2.75) is 24.3 Å². The van der Waals surface area contributed by atoms with E-state index in [1.165, 1.54) is 0 Å². The fourth-order valence-electron chi connectivity index (χ4n) is 3.05.